The van der Waals surface area contributed by atoms with Gasteiger partial charge in [0.2, 0.25) is 0 Å². The van der Waals surface area contributed by atoms with Crippen molar-refractivity contribution in [2.24, 2.45) is 0 Å². The van der Waals surface area contributed by atoms with Crippen molar-refractivity contribution in [2.45, 2.75) is 239 Å². The summed E-state index contributed by atoms with van der Waals surface area (Å²) < 4.78 is 67.6. The highest BCUT2D eigenvalue weighted by atomic mass is 79.9. The minimum absolute atomic E-state index is 0. The Bertz CT molecular complexity index is 3080. The molecule has 7 aromatic carbocycles. The predicted molar refractivity (Wildman–Crippen MR) is 373 cm³/mol. The Morgan fingerprint density at radius 3 is 1.07 bits per heavy atom. The van der Waals surface area contributed by atoms with Crippen LogP contribution in [0, 0.1) is 77.6 Å². The molecule has 476 valence electrons. The van der Waals surface area contributed by atoms with Gasteiger partial charge in [-0.2, -0.15) is 0 Å². The molecule has 0 aliphatic carbocycles. The number of hydrogen-bond donors (Lipinski definition) is 0. The van der Waals surface area contributed by atoms with Crippen LogP contribution in [0.25, 0.3) is 0 Å². The summed E-state index contributed by atoms with van der Waals surface area (Å²) in [6.07, 6.45) is 0. The topological polar surface area (TPSA) is 0 Å². The third-order valence-electron chi connectivity index (χ3n) is 13.9. The molecule has 0 bridgehead atoms. The molecule has 0 fully saturated rings. The van der Waals surface area contributed by atoms with Crippen LogP contribution in [-0.4, -0.2) is 0 Å². The van der Waals surface area contributed by atoms with E-state index in [4.69, 9.17) is 23.2 Å². The molecule has 0 heterocycles. The predicted octanol–water partition coefficient (Wildman–Crippen LogP) is 26.4. The first-order valence-corrected chi connectivity index (χ1v) is 30.9. The molecule has 0 saturated carbocycles. The smallest absolute Gasteiger partial charge is 0.162 e. The monoisotopic (exact) mass is 1290 g/mol. The maximum atomic E-state index is 13.4. The zero-order valence-electron chi connectivity index (χ0n) is 57.1. The lowest BCUT2D eigenvalue weighted by Crippen LogP contribution is -2.14. The molecule has 0 spiro atoms. The molecular weight excluding hydrogens is 1180 g/mol. The Balaban J connectivity index is 0.000000979. The molecule has 7 rings (SSSR count). The van der Waals surface area contributed by atoms with E-state index in [1.165, 1.54) is 62.7 Å². The second kappa shape index (κ2) is 33.2. The lowest BCUT2D eigenvalue weighted by molar-refractivity contribution is 0.461. The first-order valence-electron chi connectivity index (χ1n) is 29.4. The van der Waals surface area contributed by atoms with Gasteiger partial charge in [0.15, 0.2) is 11.6 Å². The molecule has 8 heteroatoms. The van der Waals surface area contributed by atoms with E-state index >= 15 is 0 Å². The van der Waals surface area contributed by atoms with Crippen molar-refractivity contribution in [1.29, 1.82) is 0 Å². The van der Waals surface area contributed by atoms with Crippen LogP contribution in [0.3, 0.4) is 0 Å². The second-order valence-corrected chi connectivity index (χ2v) is 31.3. The molecular formula is C78H108BrCl2F5. The zero-order chi connectivity index (χ0) is 66.3. The summed E-state index contributed by atoms with van der Waals surface area (Å²) in [5.41, 5.74) is 13.9. The highest BCUT2D eigenvalue weighted by Crippen LogP contribution is 2.35. The van der Waals surface area contributed by atoms with E-state index in [0.29, 0.717) is 32.8 Å². The Hall–Kier alpha value is -4.75. The number of benzene rings is 7. The van der Waals surface area contributed by atoms with Crippen LogP contribution in [0.4, 0.5) is 22.0 Å². The molecule has 0 radical (unpaired) electrons. The van der Waals surface area contributed by atoms with Gasteiger partial charge in [-0.25, -0.2) is 22.0 Å². The summed E-state index contributed by atoms with van der Waals surface area (Å²) in [4.78, 5) is 0. The molecule has 0 nitrogen and oxygen atoms in total. The van der Waals surface area contributed by atoms with Crippen molar-refractivity contribution in [3.05, 3.63) is 243 Å². The summed E-state index contributed by atoms with van der Waals surface area (Å²) in [5.74, 6) is -2.33. The number of hydrogen-bond acceptors (Lipinski definition) is 0. The van der Waals surface area contributed by atoms with E-state index in [0.717, 1.165) is 15.1 Å². The first-order chi connectivity index (χ1) is 38.3. The average Bonchev–Trinajstić information content (AvgIpc) is 1.65. The van der Waals surface area contributed by atoms with Gasteiger partial charge in [0.05, 0.1) is 5.02 Å². The van der Waals surface area contributed by atoms with E-state index in [-0.39, 0.29) is 62.8 Å². The van der Waals surface area contributed by atoms with Gasteiger partial charge in [-0.1, -0.05) is 288 Å². The van der Waals surface area contributed by atoms with Crippen LogP contribution in [-0.2, 0) is 37.9 Å². The molecule has 0 amide bonds. The van der Waals surface area contributed by atoms with E-state index < -0.39 is 11.6 Å². The average molecular weight is 1290 g/mol. The Kier molecular flexibility index (Phi) is 31.3. The van der Waals surface area contributed by atoms with Gasteiger partial charge in [-0.05, 0) is 184 Å². The van der Waals surface area contributed by atoms with Crippen LogP contribution in [0.1, 0.15) is 231 Å². The highest BCUT2D eigenvalue weighted by Gasteiger charge is 2.24. The highest BCUT2D eigenvalue weighted by molar-refractivity contribution is 9.10. The SMILES string of the molecule is C.CC(C)(C)c1ccc(Br)cc1.Cc1cc(F)c(C(C)(C)C)cc1F.Cc1ccc(C(C)(C)C)c(C)c1.Cc1ccc(C(C)(C)C)c(Cl)c1.Cc1ccc(C(C)(C)C)c(F)c1F.Cc1ccc(C(C)(C)C)cc1.Cc1ccc(F)c(C(C)(C)C)c1Cl. The largest absolute Gasteiger partial charge is 0.207 e. The van der Waals surface area contributed by atoms with Gasteiger partial charge in [0.25, 0.3) is 0 Å². The third-order valence-corrected chi connectivity index (χ3v) is 15.3. The Morgan fingerprint density at radius 2 is 0.686 bits per heavy atom. The number of rotatable bonds is 0. The molecule has 0 saturated heterocycles. The fraction of sp³-hybridized carbons (Fsp3) is 0.462. The Morgan fingerprint density at radius 1 is 0.302 bits per heavy atom. The van der Waals surface area contributed by atoms with Crippen molar-refractivity contribution in [3.63, 3.8) is 0 Å². The van der Waals surface area contributed by atoms with Crippen LogP contribution in [0.5, 0.6) is 0 Å². The Labute approximate surface area is 539 Å². The van der Waals surface area contributed by atoms with Crippen LogP contribution >= 0.6 is 39.1 Å². The summed E-state index contributed by atoms with van der Waals surface area (Å²) >= 11 is 15.6. The van der Waals surface area contributed by atoms with Gasteiger partial charge >= 0.3 is 0 Å². The molecule has 0 aliphatic heterocycles. The summed E-state index contributed by atoms with van der Waals surface area (Å²) in [6, 6.07) is 39.1. The minimum atomic E-state index is -0.729. The molecule has 0 aliphatic rings. The molecule has 0 N–H and O–H groups in total. The fourth-order valence-electron chi connectivity index (χ4n) is 8.68. The quantitative estimate of drug-likeness (QED) is 0.133. The molecule has 0 atom stereocenters. The number of halogens is 8. The lowest BCUT2D eigenvalue weighted by Gasteiger charge is -2.22. The van der Waals surface area contributed by atoms with Crippen LogP contribution < -0.4 is 0 Å². The van der Waals surface area contributed by atoms with Gasteiger partial charge in [0, 0.05) is 15.1 Å². The molecule has 0 aromatic heterocycles. The van der Waals surface area contributed by atoms with Gasteiger partial charge < -0.3 is 0 Å². The van der Waals surface area contributed by atoms with Gasteiger partial charge in [-0.3, -0.25) is 0 Å². The van der Waals surface area contributed by atoms with E-state index in [1.807, 2.05) is 75.3 Å². The third kappa shape index (κ3) is 27.3. The minimum Gasteiger partial charge on any atom is -0.207 e. The summed E-state index contributed by atoms with van der Waals surface area (Å²) in [6.45, 7) is 57.2. The maximum absolute atomic E-state index is 13.4. The van der Waals surface area contributed by atoms with Crippen molar-refractivity contribution in [1.82, 2.24) is 0 Å². The zero-order valence-corrected chi connectivity index (χ0v) is 60.2. The lowest BCUT2D eigenvalue weighted by atomic mass is 9.84. The second-order valence-electron chi connectivity index (χ2n) is 29.6. The van der Waals surface area contributed by atoms with Gasteiger partial charge in [-0.15, -0.1) is 0 Å². The normalized spacial score (nSPS) is 11.6. The fourth-order valence-corrected chi connectivity index (χ4v) is 9.90. The van der Waals surface area contributed by atoms with Crippen molar-refractivity contribution in [3.8, 4) is 0 Å². The van der Waals surface area contributed by atoms with Crippen LogP contribution in [0.15, 0.2) is 126 Å². The van der Waals surface area contributed by atoms with Crippen molar-refractivity contribution < 1.29 is 22.0 Å². The molecule has 86 heavy (non-hydrogen) atoms. The van der Waals surface area contributed by atoms with Crippen molar-refractivity contribution in [2.75, 3.05) is 0 Å². The summed E-state index contributed by atoms with van der Waals surface area (Å²) in [7, 11) is 0. The van der Waals surface area contributed by atoms with E-state index in [9.17, 15) is 22.0 Å². The molecule has 7 aromatic rings. The standard InChI is InChI=1S/C12H18.C11H14ClF.C11H15Cl.2C11H14F2.C11H16.C10H13Br.CH4/c1-9-6-7-11(10(2)8-9)12(3,4)5;1-7-5-6-8(13)9(10(7)12)11(2,3)4;1-8-5-6-9(10(12)7-8)11(2,3)4;1-7-5-10(13)8(6-9(7)12)11(2,3)4;1-7-5-6-8(11(2,3)4)10(13)9(7)12;1-9-5-7-10(8-6-9)11(2,3)4;1-10(2,3)8-4-6-9(11)7-5-8;/h6-8H,1-5H3;5-6H,1-4H3;5-7H,1-4H3;2*5-6H,1-4H3;5-8H,1-4H3;4-7H,1-3H3;1H4. The number of aryl methyl sites for hydroxylation is 7. The van der Waals surface area contributed by atoms with E-state index in [2.05, 4.69) is 206 Å². The van der Waals surface area contributed by atoms with Crippen molar-refractivity contribution >= 4 is 39.1 Å². The molecule has 0 unspecified atom stereocenters. The first kappa shape index (κ1) is 81.2. The van der Waals surface area contributed by atoms with Gasteiger partial charge in [0.1, 0.15) is 17.5 Å². The maximum Gasteiger partial charge on any atom is 0.162 e. The van der Waals surface area contributed by atoms with Crippen LogP contribution in [0.2, 0.25) is 10.0 Å². The van der Waals surface area contributed by atoms with E-state index in [1.54, 1.807) is 32.0 Å². The summed E-state index contributed by atoms with van der Waals surface area (Å²) in [5, 5.41) is 1.43.